The van der Waals surface area contributed by atoms with E-state index in [1.165, 1.54) is 5.12 Å². The summed E-state index contributed by atoms with van der Waals surface area (Å²) in [5.41, 5.74) is 0. The fraction of sp³-hybridized carbons (Fsp3) is 0.778. The Hall–Kier alpha value is -1.14. The number of hydrazone groups is 1. The van der Waals surface area contributed by atoms with Gasteiger partial charge >= 0.3 is 0 Å². The summed E-state index contributed by atoms with van der Waals surface area (Å²) in [5.74, 6) is 11.7. The molecule has 1 amide bonds. The Morgan fingerprint density at radius 1 is 1.40 bits per heavy atom. The van der Waals surface area contributed by atoms with Crippen LogP contribution in [-0.4, -0.2) is 27.9 Å². The van der Waals surface area contributed by atoms with Crippen molar-refractivity contribution in [3.8, 4) is 0 Å². The summed E-state index contributed by atoms with van der Waals surface area (Å²) in [6.45, 7) is 5.71. The normalized spacial score (nSPS) is 22.4. The predicted molar refractivity (Wildman–Crippen MR) is 58.0 cm³/mol. The molecular weight excluding hydrogens is 194 g/mol. The standard InChI is InChI=1S/C9H19N5O/c1-4-7(5-2)8-9(15)13(10)6(3)12-14(8)11/h7-8H,4-5,10-11H2,1-3H3. The van der Waals surface area contributed by atoms with Gasteiger partial charge in [0.1, 0.15) is 11.9 Å². The van der Waals surface area contributed by atoms with E-state index < -0.39 is 6.04 Å². The van der Waals surface area contributed by atoms with Crippen LogP contribution in [0.25, 0.3) is 0 Å². The predicted octanol–water partition coefficient (Wildman–Crippen LogP) is 0.0162. The van der Waals surface area contributed by atoms with Gasteiger partial charge in [-0.15, -0.1) is 5.10 Å². The van der Waals surface area contributed by atoms with Crippen molar-refractivity contribution in [2.45, 2.75) is 39.7 Å². The van der Waals surface area contributed by atoms with Gasteiger partial charge in [0, 0.05) is 0 Å². The Morgan fingerprint density at radius 3 is 2.40 bits per heavy atom. The monoisotopic (exact) mass is 213 g/mol. The van der Waals surface area contributed by atoms with Crippen molar-refractivity contribution in [1.29, 1.82) is 0 Å². The second-order valence-corrected chi connectivity index (χ2v) is 3.76. The van der Waals surface area contributed by atoms with Crippen LogP contribution in [0.3, 0.4) is 0 Å². The molecule has 0 aromatic heterocycles. The van der Waals surface area contributed by atoms with E-state index in [1.807, 2.05) is 13.8 Å². The molecule has 1 heterocycles. The van der Waals surface area contributed by atoms with E-state index in [0.717, 1.165) is 17.9 Å². The first-order chi connectivity index (χ1) is 7.02. The first kappa shape index (κ1) is 11.9. The minimum atomic E-state index is -0.436. The van der Waals surface area contributed by atoms with Crippen LogP contribution in [0, 0.1) is 5.92 Å². The minimum Gasteiger partial charge on any atom is -0.270 e. The van der Waals surface area contributed by atoms with Crippen molar-refractivity contribution in [1.82, 2.24) is 10.1 Å². The Labute approximate surface area is 89.8 Å². The van der Waals surface area contributed by atoms with E-state index in [9.17, 15) is 4.79 Å². The van der Waals surface area contributed by atoms with Gasteiger partial charge in [-0.1, -0.05) is 26.7 Å². The first-order valence-electron chi connectivity index (χ1n) is 5.20. The molecule has 0 fully saturated rings. The number of nitrogens with two attached hydrogens (primary N) is 2. The van der Waals surface area contributed by atoms with Crippen molar-refractivity contribution in [3.63, 3.8) is 0 Å². The van der Waals surface area contributed by atoms with E-state index in [-0.39, 0.29) is 11.8 Å². The quantitative estimate of drug-likeness (QED) is 0.511. The SMILES string of the molecule is CCC(CC)C1C(=O)N(N)C(C)=NN1N. The van der Waals surface area contributed by atoms with Crippen LogP contribution in [0.4, 0.5) is 0 Å². The number of amides is 1. The highest BCUT2D eigenvalue weighted by molar-refractivity contribution is 6.00. The molecule has 1 rings (SSSR count). The molecule has 1 atom stereocenters. The zero-order valence-corrected chi connectivity index (χ0v) is 9.47. The summed E-state index contributed by atoms with van der Waals surface area (Å²) in [5, 5.41) is 6.33. The summed E-state index contributed by atoms with van der Waals surface area (Å²) >= 11 is 0. The van der Waals surface area contributed by atoms with Crippen LogP contribution in [0.5, 0.6) is 0 Å². The lowest BCUT2D eigenvalue weighted by molar-refractivity contribution is -0.137. The van der Waals surface area contributed by atoms with Gasteiger partial charge in [0.2, 0.25) is 0 Å². The lowest BCUT2D eigenvalue weighted by Crippen LogP contribution is -2.60. The van der Waals surface area contributed by atoms with Crippen molar-refractivity contribution >= 4 is 11.7 Å². The molecule has 86 valence electrons. The molecule has 0 saturated carbocycles. The second-order valence-electron chi connectivity index (χ2n) is 3.76. The summed E-state index contributed by atoms with van der Waals surface area (Å²) in [4.78, 5) is 11.9. The third-order valence-electron chi connectivity index (χ3n) is 2.88. The van der Waals surface area contributed by atoms with Crippen LogP contribution in [-0.2, 0) is 4.79 Å². The molecular formula is C9H19N5O. The molecule has 1 unspecified atom stereocenters. The number of nitrogens with zero attached hydrogens (tertiary/aromatic N) is 3. The van der Waals surface area contributed by atoms with Crippen LogP contribution >= 0.6 is 0 Å². The van der Waals surface area contributed by atoms with Crippen LogP contribution in [0.15, 0.2) is 5.10 Å². The number of hydrogen-bond acceptors (Lipinski definition) is 5. The van der Waals surface area contributed by atoms with Crippen LogP contribution in [0.1, 0.15) is 33.6 Å². The van der Waals surface area contributed by atoms with Crippen molar-refractivity contribution in [2.75, 3.05) is 0 Å². The van der Waals surface area contributed by atoms with Gasteiger partial charge in [-0.3, -0.25) is 4.79 Å². The molecule has 6 heteroatoms. The summed E-state index contributed by atoms with van der Waals surface area (Å²) in [6.07, 6.45) is 1.76. The second kappa shape index (κ2) is 4.59. The molecule has 0 spiro atoms. The third-order valence-corrected chi connectivity index (χ3v) is 2.88. The lowest BCUT2D eigenvalue weighted by Gasteiger charge is -2.36. The highest BCUT2D eigenvalue weighted by atomic mass is 16.2. The smallest absolute Gasteiger partial charge is 0.268 e. The largest absolute Gasteiger partial charge is 0.270 e. The maximum absolute atomic E-state index is 11.9. The van der Waals surface area contributed by atoms with Gasteiger partial charge in [0.25, 0.3) is 5.91 Å². The number of amidine groups is 1. The minimum absolute atomic E-state index is 0.182. The molecule has 6 nitrogen and oxygen atoms in total. The fourth-order valence-corrected chi connectivity index (χ4v) is 1.85. The third kappa shape index (κ3) is 2.10. The van der Waals surface area contributed by atoms with E-state index in [4.69, 9.17) is 11.7 Å². The highest BCUT2D eigenvalue weighted by Crippen LogP contribution is 2.21. The molecule has 0 aromatic rings. The van der Waals surface area contributed by atoms with Crippen molar-refractivity contribution in [3.05, 3.63) is 0 Å². The van der Waals surface area contributed by atoms with Crippen molar-refractivity contribution < 1.29 is 4.79 Å². The number of hydrogen-bond donors (Lipinski definition) is 2. The molecule has 1 aliphatic rings. The summed E-state index contributed by atoms with van der Waals surface area (Å²) < 4.78 is 0. The molecule has 0 radical (unpaired) electrons. The zero-order chi connectivity index (χ0) is 11.6. The topological polar surface area (TPSA) is 88.0 Å². The number of carbonyl (C=O) groups is 1. The molecule has 4 N–H and O–H groups in total. The average molecular weight is 213 g/mol. The maximum atomic E-state index is 11.9. The van der Waals surface area contributed by atoms with Crippen LogP contribution in [0.2, 0.25) is 0 Å². The molecule has 1 aliphatic heterocycles. The molecule has 0 aromatic carbocycles. The summed E-state index contributed by atoms with van der Waals surface area (Å²) in [7, 11) is 0. The Bertz CT molecular complexity index is 274. The van der Waals surface area contributed by atoms with E-state index in [0.29, 0.717) is 5.84 Å². The van der Waals surface area contributed by atoms with Gasteiger partial charge in [-0.2, -0.15) is 0 Å². The van der Waals surface area contributed by atoms with Crippen LogP contribution < -0.4 is 11.7 Å². The highest BCUT2D eigenvalue weighted by Gasteiger charge is 2.37. The van der Waals surface area contributed by atoms with Gasteiger partial charge in [0.15, 0.2) is 0 Å². The van der Waals surface area contributed by atoms with Crippen molar-refractivity contribution in [2.24, 2.45) is 22.7 Å². The molecule has 15 heavy (non-hydrogen) atoms. The Kier molecular flexibility index (Phi) is 3.65. The van der Waals surface area contributed by atoms with E-state index in [1.54, 1.807) is 6.92 Å². The molecule has 0 saturated heterocycles. The lowest BCUT2D eigenvalue weighted by atomic mass is 9.93. The number of rotatable bonds is 3. The fourth-order valence-electron chi connectivity index (χ4n) is 1.85. The molecule has 0 aliphatic carbocycles. The Morgan fingerprint density at radius 2 is 1.93 bits per heavy atom. The maximum Gasteiger partial charge on any atom is 0.268 e. The van der Waals surface area contributed by atoms with Gasteiger partial charge in [-0.05, 0) is 12.8 Å². The number of hydrazine groups is 2. The van der Waals surface area contributed by atoms with E-state index in [2.05, 4.69) is 5.10 Å². The van der Waals surface area contributed by atoms with Gasteiger partial charge in [-0.25, -0.2) is 21.8 Å². The summed E-state index contributed by atoms with van der Waals surface area (Å²) in [6, 6.07) is -0.436. The first-order valence-corrected chi connectivity index (χ1v) is 5.20. The van der Waals surface area contributed by atoms with Gasteiger partial charge < -0.3 is 0 Å². The number of carbonyl (C=O) groups excluding carboxylic acids is 1. The Balaban J connectivity index is 2.94. The average Bonchev–Trinajstić information content (AvgIpc) is 2.21. The zero-order valence-electron chi connectivity index (χ0n) is 9.47. The molecule has 0 bridgehead atoms. The van der Waals surface area contributed by atoms with E-state index >= 15 is 0 Å². The van der Waals surface area contributed by atoms with Gasteiger partial charge in [0.05, 0.1) is 0 Å².